The molecule has 0 aliphatic rings. The smallest absolute Gasteiger partial charge is 0.0491 e. The molecule has 0 aliphatic carbocycles. The van der Waals surface area contributed by atoms with E-state index in [0.717, 1.165) is 6.42 Å². The Morgan fingerprint density at radius 2 is 1.53 bits per heavy atom. The second kappa shape index (κ2) is 4.58. The Morgan fingerprint density at radius 1 is 0.842 bits per heavy atom. The lowest BCUT2D eigenvalue weighted by Crippen LogP contribution is -1.90. The van der Waals surface area contributed by atoms with Crippen molar-refractivity contribution in [2.24, 2.45) is 0 Å². The van der Waals surface area contributed by atoms with Gasteiger partial charge >= 0.3 is 0 Å². The van der Waals surface area contributed by atoms with Gasteiger partial charge in [0.2, 0.25) is 0 Å². The summed E-state index contributed by atoms with van der Waals surface area (Å²) >= 11 is 0. The van der Waals surface area contributed by atoms with E-state index >= 15 is 0 Å². The van der Waals surface area contributed by atoms with Crippen molar-refractivity contribution in [3.8, 4) is 0 Å². The monoisotopic (exact) mass is 249 g/mol. The Kier molecular flexibility index (Phi) is 2.90. The van der Waals surface area contributed by atoms with E-state index in [1.54, 1.807) is 0 Å². The van der Waals surface area contributed by atoms with E-state index in [0.29, 0.717) is 0 Å². The van der Waals surface area contributed by atoms with Crippen molar-refractivity contribution in [3.63, 3.8) is 0 Å². The van der Waals surface area contributed by atoms with Crippen LogP contribution in [0.5, 0.6) is 0 Å². The summed E-state index contributed by atoms with van der Waals surface area (Å²) < 4.78 is 0. The van der Waals surface area contributed by atoms with Crippen molar-refractivity contribution in [2.75, 3.05) is 0 Å². The fraction of sp³-hybridized carbons (Fsp3) is 0.222. The molecule has 96 valence electrons. The van der Waals surface area contributed by atoms with E-state index in [1.165, 1.54) is 38.9 Å². The second-order valence-electron chi connectivity index (χ2n) is 5.34. The summed E-state index contributed by atoms with van der Waals surface area (Å²) in [5.74, 6) is 0. The number of hydrogen-bond acceptors (Lipinski definition) is 0. The van der Waals surface area contributed by atoms with Crippen LogP contribution in [0.4, 0.5) is 0 Å². The summed E-state index contributed by atoms with van der Waals surface area (Å²) in [5.41, 5.74) is 8.06. The molecule has 1 heteroatoms. The quantitative estimate of drug-likeness (QED) is 0.678. The third kappa shape index (κ3) is 2.06. The van der Waals surface area contributed by atoms with Gasteiger partial charge < -0.3 is 4.98 Å². The lowest BCUT2D eigenvalue weighted by molar-refractivity contribution is 1.15. The third-order valence-corrected chi connectivity index (χ3v) is 3.91. The molecule has 0 saturated carbocycles. The average molecular weight is 249 g/mol. The highest BCUT2D eigenvalue weighted by Gasteiger charge is 2.12. The Labute approximate surface area is 114 Å². The minimum atomic E-state index is 0.997. The van der Waals surface area contributed by atoms with Crippen molar-refractivity contribution >= 4 is 10.9 Å². The molecule has 0 amide bonds. The molecule has 0 radical (unpaired) electrons. The van der Waals surface area contributed by atoms with Crippen LogP contribution in [0.3, 0.4) is 0 Å². The fourth-order valence-electron chi connectivity index (χ4n) is 2.83. The maximum absolute atomic E-state index is 3.56. The molecule has 0 bridgehead atoms. The van der Waals surface area contributed by atoms with Crippen molar-refractivity contribution in [3.05, 3.63) is 70.4 Å². The Balaban J connectivity index is 2.18. The number of nitrogens with one attached hydrogen (secondary N) is 1. The molecule has 0 spiro atoms. The van der Waals surface area contributed by atoms with Crippen LogP contribution in [0.15, 0.2) is 42.5 Å². The predicted molar refractivity (Wildman–Crippen MR) is 81.8 cm³/mol. The molecular weight excluding hydrogens is 230 g/mol. The van der Waals surface area contributed by atoms with Crippen LogP contribution >= 0.6 is 0 Å². The lowest BCUT2D eigenvalue weighted by atomic mass is 9.98. The Morgan fingerprint density at radius 3 is 2.26 bits per heavy atom. The van der Waals surface area contributed by atoms with Gasteiger partial charge in [0.15, 0.2) is 0 Å². The minimum absolute atomic E-state index is 0.997. The molecule has 3 rings (SSSR count). The van der Waals surface area contributed by atoms with Crippen LogP contribution in [-0.2, 0) is 6.42 Å². The average Bonchev–Trinajstić information content (AvgIpc) is 2.74. The first-order valence-electron chi connectivity index (χ1n) is 6.78. The van der Waals surface area contributed by atoms with Crippen LogP contribution in [0.25, 0.3) is 10.9 Å². The van der Waals surface area contributed by atoms with E-state index < -0.39 is 0 Å². The molecule has 0 unspecified atom stereocenters. The summed E-state index contributed by atoms with van der Waals surface area (Å²) in [7, 11) is 0. The molecule has 1 heterocycles. The lowest BCUT2D eigenvalue weighted by Gasteiger charge is -2.05. The number of aryl methyl sites for hydroxylation is 3. The maximum atomic E-state index is 3.56. The Hall–Kier alpha value is -2.02. The van der Waals surface area contributed by atoms with Gasteiger partial charge in [0, 0.05) is 16.6 Å². The van der Waals surface area contributed by atoms with Crippen LogP contribution in [-0.4, -0.2) is 4.98 Å². The van der Waals surface area contributed by atoms with Gasteiger partial charge in [0.1, 0.15) is 0 Å². The van der Waals surface area contributed by atoms with Crippen LogP contribution < -0.4 is 0 Å². The first kappa shape index (κ1) is 12.0. The summed E-state index contributed by atoms with van der Waals surface area (Å²) in [6, 6.07) is 15.1. The zero-order chi connectivity index (χ0) is 13.4. The molecule has 19 heavy (non-hydrogen) atoms. The SMILES string of the molecule is Cc1[nH]c2c(C)ccc(C)c2c1Cc1ccccc1. The first-order valence-corrected chi connectivity index (χ1v) is 6.78. The number of aromatic amines is 1. The molecular formula is C18H19N. The molecule has 1 nitrogen and oxygen atoms in total. The van der Waals surface area contributed by atoms with Gasteiger partial charge in [-0.05, 0) is 49.4 Å². The zero-order valence-corrected chi connectivity index (χ0v) is 11.7. The number of rotatable bonds is 2. The maximum Gasteiger partial charge on any atom is 0.0491 e. The molecule has 0 fully saturated rings. The van der Waals surface area contributed by atoms with Crippen molar-refractivity contribution in [2.45, 2.75) is 27.2 Å². The van der Waals surface area contributed by atoms with Gasteiger partial charge in [-0.2, -0.15) is 0 Å². The summed E-state index contributed by atoms with van der Waals surface area (Å²) in [4.78, 5) is 3.56. The number of benzene rings is 2. The highest BCUT2D eigenvalue weighted by atomic mass is 14.7. The van der Waals surface area contributed by atoms with E-state index in [-0.39, 0.29) is 0 Å². The third-order valence-electron chi connectivity index (χ3n) is 3.91. The van der Waals surface area contributed by atoms with E-state index in [1.807, 2.05) is 0 Å². The number of fused-ring (bicyclic) bond motifs is 1. The molecule has 3 aromatic rings. The number of aromatic nitrogens is 1. The van der Waals surface area contributed by atoms with Crippen molar-refractivity contribution in [1.82, 2.24) is 4.98 Å². The summed E-state index contributed by atoms with van der Waals surface area (Å²) in [5, 5.41) is 1.40. The van der Waals surface area contributed by atoms with E-state index in [9.17, 15) is 0 Å². The van der Waals surface area contributed by atoms with E-state index in [4.69, 9.17) is 0 Å². The van der Waals surface area contributed by atoms with Gasteiger partial charge in [-0.25, -0.2) is 0 Å². The first-order chi connectivity index (χ1) is 9.16. The number of H-pyrrole nitrogens is 1. The summed E-state index contributed by atoms with van der Waals surface area (Å²) in [6.07, 6.45) is 0.997. The predicted octanol–water partition coefficient (Wildman–Crippen LogP) is 4.68. The van der Waals surface area contributed by atoms with Gasteiger partial charge in [-0.3, -0.25) is 0 Å². The largest absolute Gasteiger partial charge is 0.358 e. The Bertz CT molecular complexity index is 720. The van der Waals surface area contributed by atoms with Crippen LogP contribution in [0.2, 0.25) is 0 Å². The highest BCUT2D eigenvalue weighted by Crippen LogP contribution is 2.29. The van der Waals surface area contributed by atoms with Crippen LogP contribution in [0, 0.1) is 20.8 Å². The minimum Gasteiger partial charge on any atom is -0.358 e. The second-order valence-corrected chi connectivity index (χ2v) is 5.34. The molecule has 1 N–H and O–H groups in total. The number of hydrogen-bond donors (Lipinski definition) is 1. The summed E-state index contributed by atoms with van der Waals surface area (Å²) in [6.45, 7) is 6.55. The highest BCUT2D eigenvalue weighted by molar-refractivity contribution is 5.90. The fourth-order valence-corrected chi connectivity index (χ4v) is 2.83. The van der Waals surface area contributed by atoms with Crippen molar-refractivity contribution in [1.29, 1.82) is 0 Å². The normalized spacial score (nSPS) is 11.1. The standard InChI is InChI=1S/C18H19N/c1-12-9-10-13(2)18-17(12)16(14(3)19-18)11-15-7-5-4-6-8-15/h4-10,19H,11H2,1-3H3. The van der Waals surface area contributed by atoms with Gasteiger partial charge in [0.25, 0.3) is 0 Å². The van der Waals surface area contributed by atoms with E-state index in [2.05, 4.69) is 68.2 Å². The van der Waals surface area contributed by atoms with Crippen molar-refractivity contribution < 1.29 is 0 Å². The van der Waals surface area contributed by atoms with Gasteiger partial charge in [-0.15, -0.1) is 0 Å². The van der Waals surface area contributed by atoms with Gasteiger partial charge in [-0.1, -0.05) is 42.5 Å². The molecule has 0 atom stereocenters. The van der Waals surface area contributed by atoms with Crippen LogP contribution in [0.1, 0.15) is 27.9 Å². The van der Waals surface area contributed by atoms with Gasteiger partial charge in [0.05, 0.1) is 0 Å². The molecule has 0 saturated heterocycles. The molecule has 1 aromatic heterocycles. The topological polar surface area (TPSA) is 15.8 Å². The zero-order valence-electron chi connectivity index (χ0n) is 11.7. The molecule has 2 aromatic carbocycles. The molecule has 0 aliphatic heterocycles.